The van der Waals surface area contributed by atoms with E-state index in [-0.39, 0.29) is 16.4 Å². The average Bonchev–Trinajstić information content (AvgIpc) is 3.15. The van der Waals surface area contributed by atoms with Crippen LogP contribution in [0.1, 0.15) is 12.5 Å². The second-order valence-corrected chi connectivity index (χ2v) is 12.7. The smallest absolute Gasteiger partial charge is 0.183 e. The Kier molecular flexibility index (Phi) is 6.51. The minimum atomic E-state index is -3.76. The molecular weight excluding hydrogens is 448 g/mol. The first-order valence-corrected chi connectivity index (χ1v) is 14.3. The minimum absolute atomic E-state index is 0.113. The first-order chi connectivity index (χ1) is 15.2. The molecule has 0 radical (unpaired) electrons. The van der Waals surface area contributed by atoms with Crippen LogP contribution in [0.2, 0.25) is 0 Å². The number of sulfone groups is 2. The van der Waals surface area contributed by atoms with Crippen LogP contribution in [-0.4, -0.2) is 77.8 Å². The molecule has 0 aromatic heterocycles. The molecule has 32 heavy (non-hydrogen) atoms. The summed E-state index contributed by atoms with van der Waals surface area (Å²) in [7, 11) is -5.55. The molecule has 0 bridgehead atoms. The van der Waals surface area contributed by atoms with E-state index >= 15 is 0 Å². The molecule has 2 atom stereocenters. The van der Waals surface area contributed by atoms with Gasteiger partial charge in [-0.25, -0.2) is 16.8 Å². The Morgan fingerprint density at radius 1 is 0.969 bits per heavy atom. The fourth-order valence-corrected chi connectivity index (χ4v) is 9.54. The Labute approximate surface area is 190 Å². The van der Waals surface area contributed by atoms with E-state index in [0.29, 0.717) is 26.2 Å². The lowest BCUT2D eigenvalue weighted by atomic mass is 10.1. The fraction of sp³-hybridized carbons (Fsp3) is 0.478. The third-order valence-electron chi connectivity index (χ3n) is 6.54. The van der Waals surface area contributed by atoms with Gasteiger partial charge in [-0.1, -0.05) is 31.2 Å². The van der Waals surface area contributed by atoms with E-state index < -0.39 is 31.0 Å². The zero-order valence-electron chi connectivity index (χ0n) is 18.5. The molecule has 2 heterocycles. The van der Waals surface area contributed by atoms with Crippen LogP contribution in [0.5, 0.6) is 5.75 Å². The van der Waals surface area contributed by atoms with Gasteiger partial charge in [-0.3, -0.25) is 4.90 Å². The highest BCUT2D eigenvalue weighted by atomic mass is 32.2. The van der Waals surface area contributed by atoms with Gasteiger partial charge in [0.1, 0.15) is 5.75 Å². The number of rotatable bonds is 6. The van der Waals surface area contributed by atoms with Crippen molar-refractivity contribution < 1.29 is 21.6 Å². The van der Waals surface area contributed by atoms with Gasteiger partial charge < -0.3 is 9.64 Å². The molecule has 0 amide bonds. The van der Waals surface area contributed by atoms with Crippen molar-refractivity contribution in [3.05, 3.63) is 54.1 Å². The number of piperazine rings is 1. The highest BCUT2D eigenvalue weighted by molar-refractivity contribution is 7.96. The quantitative estimate of drug-likeness (QED) is 0.628. The molecule has 2 aromatic carbocycles. The summed E-state index contributed by atoms with van der Waals surface area (Å²) in [4.78, 5) is 4.44. The monoisotopic (exact) mass is 478 g/mol. The van der Waals surface area contributed by atoms with E-state index in [1.165, 1.54) is 0 Å². The second kappa shape index (κ2) is 9.03. The Morgan fingerprint density at radius 3 is 2.25 bits per heavy atom. The number of hydrogen-bond donors (Lipinski definition) is 0. The number of ether oxygens (including phenoxy) is 1. The lowest BCUT2D eigenvalue weighted by Gasteiger charge is -2.40. The maximum atomic E-state index is 13.4. The summed E-state index contributed by atoms with van der Waals surface area (Å²) in [5.74, 6) is 0.362. The highest BCUT2D eigenvalue weighted by Crippen LogP contribution is 2.32. The van der Waals surface area contributed by atoms with Crippen molar-refractivity contribution in [2.45, 2.75) is 29.5 Å². The number of methoxy groups -OCH3 is 1. The van der Waals surface area contributed by atoms with Crippen molar-refractivity contribution in [1.82, 2.24) is 4.90 Å². The van der Waals surface area contributed by atoms with Crippen molar-refractivity contribution in [2.75, 3.05) is 49.7 Å². The molecular formula is C23H30N2O5S2. The molecule has 0 unspecified atom stereocenters. The van der Waals surface area contributed by atoms with E-state index in [0.717, 1.165) is 23.4 Å². The van der Waals surface area contributed by atoms with Gasteiger partial charge in [-0.15, -0.1) is 0 Å². The number of para-hydroxylation sites is 2. The van der Waals surface area contributed by atoms with E-state index in [9.17, 15) is 16.8 Å². The van der Waals surface area contributed by atoms with Crippen molar-refractivity contribution in [1.29, 1.82) is 0 Å². The molecule has 0 N–H and O–H groups in total. The predicted octanol–water partition coefficient (Wildman–Crippen LogP) is 2.02. The Bertz CT molecular complexity index is 1160. The van der Waals surface area contributed by atoms with Crippen molar-refractivity contribution in [3.63, 3.8) is 0 Å². The van der Waals surface area contributed by atoms with Gasteiger partial charge in [0.25, 0.3) is 0 Å². The summed E-state index contributed by atoms with van der Waals surface area (Å²) in [5.41, 5.74) is 2.04. The molecule has 2 aliphatic rings. The molecule has 0 spiro atoms. The maximum Gasteiger partial charge on any atom is 0.183 e. The summed E-state index contributed by atoms with van der Waals surface area (Å²) in [6.07, 6.45) is 0.817. The maximum absolute atomic E-state index is 13.4. The van der Waals surface area contributed by atoms with Gasteiger partial charge in [-0.05, 0) is 36.2 Å². The van der Waals surface area contributed by atoms with Gasteiger partial charge in [0, 0.05) is 32.2 Å². The van der Waals surface area contributed by atoms with Gasteiger partial charge in [0.05, 0.1) is 34.4 Å². The molecule has 2 fully saturated rings. The van der Waals surface area contributed by atoms with Gasteiger partial charge in [0.15, 0.2) is 19.7 Å². The molecule has 0 aliphatic carbocycles. The molecule has 2 aromatic rings. The Hall–Kier alpha value is -2.10. The zero-order chi connectivity index (χ0) is 22.9. The summed E-state index contributed by atoms with van der Waals surface area (Å²) in [6, 6.07) is 14.1. The van der Waals surface area contributed by atoms with Crippen LogP contribution in [0.15, 0.2) is 53.4 Å². The van der Waals surface area contributed by atoms with Crippen molar-refractivity contribution >= 4 is 25.4 Å². The SMILES string of the molecule is CCc1ccc(S(=O)(=O)[C@H]2CS(=O)(=O)C[C@@H]2N2CCN(c3ccccc3OC)CC2)cc1. The molecule has 174 valence electrons. The van der Waals surface area contributed by atoms with Gasteiger partial charge in [-0.2, -0.15) is 0 Å². The first-order valence-electron chi connectivity index (χ1n) is 10.9. The van der Waals surface area contributed by atoms with Crippen molar-refractivity contribution in [2.24, 2.45) is 0 Å². The zero-order valence-corrected chi connectivity index (χ0v) is 20.1. The second-order valence-electron chi connectivity index (χ2n) is 8.42. The fourth-order valence-electron chi connectivity index (χ4n) is 4.71. The van der Waals surface area contributed by atoms with E-state index in [1.807, 2.05) is 36.1 Å². The van der Waals surface area contributed by atoms with Crippen LogP contribution in [0, 0.1) is 0 Å². The van der Waals surface area contributed by atoms with Crippen LogP contribution in [0.25, 0.3) is 0 Å². The van der Waals surface area contributed by atoms with Crippen LogP contribution >= 0.6 is 0 Å². The topological polar surface area (TPSA) is 84.0 Å². The molecule has 7 nitrogen and oxygen atoms in total. The van der Waals surface area contributed by atoms with Crippen LogP contribution in [-0.2, 0) is 26.1 Å². The summed E-state index contributed by atoms with van der Waals surface area (Å²) in [6.45, 7) is 4.55. The highest BCUT2D eigenvalue weighted by Gasteiger charge is 2.48. The van der Waals surface area contributed by atoms with Crippen LogP contribution < -0.4 is 9.64 Å². The van der Waals surface area contributed by atoms with E-state index in [2.05, 4.69) is 4.90 Å². The summed E-state index contributed by atoms with van der Waals surface area (Å²) >= 11 is 0. The third kappa shape index (κ3) is 4.51. The molecule has 4 rings (SSSR count). The van der Waals surface area contributed by atoms with E-state index in [4.69, 9.17) is 4.74 Å². The Morgan fingerprint density at radius 2 is 1.62 bits per heavy atom. The first kappa shape index (κ1) is 23.1. The molecule has 9 heteroatoms. The largest absolute Gasteiger partial charge is 0.495 e. The summed E-state index contributed by atoms with van der Waals surface area (Å²) in [5, 5.41) is -0.946. The minimum Gasteiger partial charge on any atom is -0.495 e. The van der Waals surface area contributed by atoms with Gasteiger partial charge in [0.2, 0.25) is 0 Å². The predicted molar refractivity (Wildman–Crippen MR) is 126 cm³/mol. The third-order valence-corrected chi connectivity index (χ3v) is 10.7. The standard InChI is InChI=1S/C23H30N2O5S2/c1-3-18-8-10-19(11-9-18)32(28,29)23-17-31(26,27)16-21(23)25-14-12-24(13-15-25)20-6-4-5-7-22(20)30-2/h4-11,21,23H,3,12-17H2,1-2H3/t21-,23-/m0/s1. The number of aryl methyl sites for hydroxylation is 1. The van der Waals surface area contributed by atoms with Crippen LogP contribution in [0.3, 0.4) is 0 Å². The number of benzene rings is 2. The number of anilines is 1. The number of hydrogen-bond acceptors (Lipinski definition) is 7. The lowest BCUT2D eigenvalue weighted by molar-refractivity contribution is 0.201. The van der Waals surface area contributed by atoms with Crippen LogP contribution in [0.4, 0.5) is 5.69 Å². The van der Waals surface area contributed by atoms with Gasteiger partial charge >= 0.3 is 0 Å². The molecule has 2 saturated heterocycles. The molecule has 2 aliphatic heterocycles. The normalized spacial score (nSPS) is 23.9. The average molecular weight is 479 g/mol. The van der Waals surface area contributed by atoms with Crippen molar-refractivity contribution in [3.8, 4) is 5.75 Å². The molecule has 0 saturated carbocycles. The van der Waals surface area contributed by atoms with E-state index in [1.54, 1.807) is 31.4 Å². The Balaban J connectivity index is 1.54. The lowest BCUT2D eigenvalue weighted by Crippen LogP contribution is -2.55. The summed E-state index contributed by atoms with van der Waals surface area (Å²) < 4.78 is 57.4. The number of nitrogens with zero attached hydrogens (tertiary/aromatic N) is 2.